The number of alkyl halides is 2. The second kappa shape index (κ2) is 4.72. The Morgan fingerprint density at radius 1 is 1.65 bits per heavy atom. The molecule has 0 aliphatic heterocycles. The fraction of sp³-hybridized carbons (Fsp3) is 0.750. The number of aliphatic hydroxyl groups is 1. The van der Waals surface area contributed by atoms with Gasteiger partial charge in [-0.3, -0.25) is 4.68 Å². The third-order valence-corrected chi connectivity index (χ3v) is 3.38. The SMILES string of the molecule is CCC(O)c1cnn(CC2CCC(F)(F)C2)c1. The fourth-order valence-corrected chi connectivity index (χ4v) is 2.35. The standard InChI is InChI=1S/C12H18F2N2O/c1-2-11(17)10-6-15-16(8-10)7-9-3-4-12(13,14)5-9/h6,8-9,11,17H,2-5,7H2,1H3. The van der Waals surface area contributed by atoms with E-state index in [9.17, 15) is 13.9 Å². The van der Waals surface area contributed by atoms with Crippen LogP contribution in [0.1, 0.15) is 44.3 Å². The van der Waals surface area contributed by atoms with Gasteiger partial charge in [0.25, 0.3) is 0 Å². The lowest BCUT2D eigenvalue weighted by molar-refractivity contribution is 0.00422. The molecule has 17 heavy (non-hydrogen) atoms. The van der Waals surface area contributed by atoms with Gasteiger partial charge < -0.3 is 5.11 Å². The number of nitrogens with zero attached hydrogens (tertiary/aromatic N) is 2. The Morgan fingerprint density at radius 3 is 3.00 bits per heavy atom. The summed E-state index contributed by atoms with van der Waals surface area (Å²) in [6, 6.07) is 0. The highest BCUT2D eigenvalue weighted by Crippen LogP contribution is 2.39. The summed E-state index contributed by atoms with van der Waals surface area (Å²) in [6.07, 6.45) is 3.99. The minimum atomic E-state index is -2.50. The van der Waals surface area contributed by atoms with E-state index in [-0.39, 0.29) is 18.8 Å². The average molecular weight is 244 g/mol. The monoisotopic (exact) mass is 244 g/mol. The molecule has 1 aliphatic carbocycles. The van der Waals surface area contributed by atoms with Crippen LogP contribution in [0.5, 0.6) is 0 Å². The maximum absolute atomic E-state index is 13.0. The summed E-state index contributed by atoms with van der Waals surface area (Å²) in [4.78, 5) is 0. The molecule has 1 N–H and O–H groups in total. The number of hydrogen-bond acceptors (Lipinski definition) is 2. The molecule has 2 atom stereocenters. The molecule has 0 amide bonds. The van der Waals surface area contributed by atoms with Crippen molar-refractivity contribution in [3.8, 4) is 0 Å². The molecule has 1 aromatic rings. The van der Waals surface area contributed by atoms with Crippen molar-refractivity contribution >= 4 is 0 Å². The number of aliphatic hydroxyl groups excluding tert-OH is 1. The molecule has 0 spiro atoms. The van der Waals surface area contributed by atoms with Crippen molar-refractivity contribution in [2.75, 3.05) is 0 Å². The van der Waals surface area contributed by atoms with Crippen molar-refractivity contribution < 1.29 is 13.9 Å². The zero-order valence-electron chi connectivity index (χ0n) is 9.94. The molecule has 3 nitrogen and oxygen atoms in total. The van der Waals surface area contributed by atoms with Crippen molar-refractivity contribution in [1.29, 1.82) is 0 Å². The fourth-order valence-electron chi connectivity index (χ4n) is 2.35. The molecule has 1 aliphatic rings. The summed E-state index contributed by atoms with van der Waals surface area (Å²) in [7, 11) is 0. The quantitative estimate of drug-likeness (QED) is 0.884. The molecule has 5 heteroatoms. The van der Waals surface area contributed by atoms with E-state index in [2.05, 4.69) is 5.10 Å². The Labute approximate surface area is 99.4 Å². The van der Waals surface area contributed by atoms with Crippen LogP contribution >= 0.6 is 0 Å². The summed E-state index contributed by atoms with van der Waals surface area (Å²) in [5.74, 6) is -2.50. The molecule has 0 saturated heterocycles. The molecule has 1 fully saturated rings. The van der Waals surface area contributed by atoms with Gasteiger partial charge in [0.1, 0.15) is 0 Å². The van der Waals surface area contributed by atoms with Crippen molar-refractivity contribution in [1.82, 2.24) is 9.78 Å². The van der Waals surface area contributed by atoms with E-state index in [0.717, 1.165) is 5.56 Å². The van der Waals surface area contributed by atoms with Crippen LogP contribution in [0.15, 0.2) is 12.4 Å². The molecule has 0 bridgehead atoms. The van der Waals surface area contributed by atoms with Gasteiger partial charge in [0.2, 0.25) is 5.92 Å². The van der Waals surface area contributed by atoms with Gasteiger partial charge in [0.15, 0.2) is 0 Å². The highest BCUT2D eigenvalue weighted by molar-refractivity contribution is 5.07. The largest absolute Gasteiger partial charge is 0.388 e. The van der Waals surface area contributed by atoms with E-state index in [0.29, 0.717) is 19.4 Å². The Hall–Kier alpha value is -0.970. The van der Waals surface area contributed by atoms with E-state index < -0.39 is 12.0 Å². The Balaban J connectivity index is 1.94. The number of halogens is 2. The minimum absolute atomic E-state index is 0.00322. The average Bonchev–Trinajstić information content (AvgIpc) is 2.85. The predicted octanol–water partition coefficient (Wildman–Crippen LogP) is 2.76. The zero-order valence-corrected chi connectivity index (χ0v) is 9.94. The van der Waals surface area contributed by atoms with Gasteiger partial charge in [-0.05, 0) is 18.8 Å². The van der Waals surface area contributed by atoms with Gasteiger partial charge >= 0.3 is 0 Å². The second-order valence-corrected chi connectivity index (χ2v) is 4.88. The lowest BCUT2D eigenvalue weighted by Gasteiger charge is -2.10. The maximum Gasteiger partial charge on any atom is 0.248 e. The van der Waals surface area contributed by atoms with E-state index in [1.807, 2.05) is 6.92 Å². The first-order chi connectivity index (χ1) is 8.00. The Morgan fingerprint density at radius 2 is 2.41 bits per heavy atom. The minimum Gasteiger partial charge on any atom is -0.388 e. The van der Waals surface area contributed by atoms with Crippen LogP contribution < -0.4 is 0 Å². The second-order valence-electron chi connectivity index (χ2n) is 4.88. The number of hydrogen-bond donors (Lipinski definition) is 1. The first-order valence-corrected chi connectivity index (χ1v) is 6.08. The topological polar surface area (TPSA) is 38.1 Å². The van der Waals surface area contributed by atoms with Crippen LogP contribution in [0.2, 0.25) is 0 Å². The van der Waals surface area contributed by atoms with Crippen LogP contribution in [0.3, 0.4) is 0 Å². The van der Waals surface area contributed by atoms with Crippen LogP contribution in [0.4, 0.5) is 8.78 Å². The maximum atomic E-state index is 13.0. The van der Waals surface area contributed by atoms with Crippen LogP contribution in [0, 0.1) is 5.92 Å². The highest BCUT2D eigenvalue weighted by Gasteiger charge is 2.39. The van der Waals surface area contributed by atoms with E-state index >= 15 is 0 Å². The summed E-state index contributed by atoms with van der Waals surface area (Å²) < 4.78 is 27.7. The first kappa shape index (κ1) is 12.5. The molecule has 1 aromatic heterocycles. The third kappa shape index (κ3) is 3.03. The van der Waals surface area contributed by atoms with Gasteiger partial charge in [-0.2, -0.15) is 5.10 Å². The summed E-state index contributed by atoms with van der Waals surface area (Å²) in [5.41, 5.74) is 0.761. The van der Waals surface area contributed by atoms with Crippen molar-refractivity contribution in [2.45, 2.75) is 51.2 Å². The van der Waals surface area contributed by atoms with Gasteiger partial charge in [-0.25, -0.2) is 8.78 Å². The smallest absolute Gasteiger partial charge is 0.248 e. The molecular formula is C12H18F2N2O. The van der Waals surface area contributed by atoms with Crippen molar-refractivity contribution in [3.63, 3.8) is 0 Å². The van der Waals surface area contributed by atoms with E-state index in [1.165, 1.54) is 0 Å². The van der Waals surface area contributed by atoms with Crippen molar-refractivity contribution in [3.05, 3.63) is 18.0 Å². The Bertz CT molecular complexity index is 378. The van der Waals surface area contributed by atoms with Crippen LogP contribution in [-0.2, 0) is 6.54 Å². The lowest BCUT2D eigenvalue weighted by atomic mass is 10.1. The molecule has 96 valence electrons. The predicted molar refractivity (Wildman–Crippen MR) is 59.8 cm³/mol. The number of rotatable bonds is 4. The summed E-state index contributed by atoms with van der Waals surface area (Å²) in [6.45, 7) is 2.41. The molecule has 1 heterocycles. The first-order valence-electron chi connectivity index (χ1n) is 6.08. The molecular weight excluding hydrogens is 226 g/mol. The molecule has 0 radical (unpaired) electrons. The van der Waals surface area contributed by atoms with Gasteiger partial charge in [-0.1, -0.05) is 6.92 Å². The molecule has 1 saturated carbocycles. The normalized spacial score (nSPS) is 25.1. The molecule has 2 rings (SSSR count). The lowest BCUT2D eigenvalue weighted by Crippen LogP contribution is -2.13. The van der Waals surface area contributed by atoms with E-state index in [4.69, 9.17) is 0 Å². The van der Waals surface area contributed by atoms with Gasteiger partial charge in [0, 0.05) is 31.1 Å². The molecule has 2 unspecified atom stereocenters. The summed E-state index contributed by atoms with van der Waals surface area (Å²) in [5, 5.41) is 13.7. The third-order valence-electron chi connectivity index (χ3n) is 3.38. The van der Waals surface area contributed by atoms with Crippen LogP contribution in [-0.4, -0.2) is 20.8 Å². The Kier molecular flexibility index (Phi) is 3.47. The van der Waals surface area contributed by atoms with Crippen molar-refractivity contribution in [2.24, 2.45) is 5.92 Å². The van der Waals surface area contributed by atoms with Gasteiger partial charge in [-0.15, -0.1) is 0 Å². The van der Waals surface area contributed by atoms with Crippen LogP contribution in [0.25, 0.3) is 0 Å². The molecule has 0 aromatic carbocycles. The summed E-state index contributed by atoms with van der Waals surface area (Å²) >= 11 is 0. The van der Waals surface area contributed by atoms with E-state index in [1.54, 1.807) is 17.1 Å². The van der Waals surface area contributed by atoms with Gasteiger partial charge in [0.05, 0.1) is 12.3 Å². The zero-order chi connectivity index (χ0) is 12.5. The highest BCUT2D eigenvalue weighted by atomic mass is 19.3. The number of aromatic nitrogens is 2.